The molecule has 0 bridgehead atoms. The molecule has 0 spiro atoms. The van der Waals surface area contributed by atoms with Crippen LogP contribution in [0, 0.1) is 6.92 Å². The standard InChI is InChI=1S/C20H24N6O/c1-15-12-19(23-20(22-15)16-4-2-7-21-13-16)25-8-3-5-17(14-25)18-6-9-26(24-18)10-11-27/h2,4,6-7,9,12-13,17,27H,3,5,8,10-11,14H2,1H3/t17-/m0/s1. The van der Waals surface area contributed by atoms with E-state index < -0.39 is 0 Å². The highest BCUT2D eigenvalue weighted by Crippen LogP contribution is 2.29. The van der Waals surface area contributed by atoms with Crippen LogP contribution in [-0.4, -0.2) is 49.5 Å². The van der Waals surface area contributed by atoms with Crippen LogP contribution in [-0.2, 0) is 6.54 Å². The van der Waals surface area contributed by atoms with Crippen LogP contribution in [0.15, 0.2) is 42.9 Å². The van der Waals surface area contributed by atoms with Gasteiger partial charge in [0, 0.05) is 54.9 Å². The lowest BCUT2D eigenvalue weighted by atomic mass is 9.95. The summed E-state index contributed by atoms with van der Waals surface area (Å²) in [7, 11) is 0. The molecule has 7 nitrogen and oxygen atoms in total. The van der Waals surface area contributed by atoms with Gasteiger partial charge in [-0.1, -0.05) is 0 Å². The molecule has 1 fully saturated rings. The minimum atomic E-state index is 0.106. The normalized spacial score (nSPS) is 17.3. The van der Waals surface area contributed by atoms with E-state index in [-0.39, 0.29) is 6.61 Å². The summed E-state index contributed by atoms with van der Waals surface area (Å²) in [6, 6.07) is 8.00. The summed E-state index contributed by atoms with van der Waals surface area (Å²) in [5.74, 6) is 2.05. The van der Waals surface area contributed by atoms with Gasteiger partial charge in [-0.05, 0) is 38.0 Å². The number of aliphatic hydroxyl groups is 1. The van der Waals surface area contributed by atoms with Crippen LogP contribution in [0.4, 0.5) is 5.82 Å². The van der Waals surface area contributed by atoms with E-state index in [1.165, 1.54) is 0 Å². The predicted octanol–water partition coefficient (Wildman–Crippen LogP) is 2.42. The average Bonchev–Trinajstić information content (AvgIpc) is 3.17. The Balaban J connectivity index is 1.56. The summed E-state index contributed by atoms with van der Waals surface area (Å²) in [4.78, 5) is 15.9. The highest BCUT2D eigenvalue weighted by atomic mass is 16.3. The van der Waals surface area contributed by atoms with Crippen molar-refractivity contribution in [3.8, 4) is 11.4 Å². The number of aromatic nitrogens is 5. The van der Waals surface area contributed by atoms with E-state index >= 15 is 0 Å². The van der Waals surface area contributed by atoms with Crippen LogP contribution in [0.1, 0.15) is 30.1 Å². The topological polar surface area (TPSA) is 80.0 Å². The largest absolute Gasteiger partial charge is 0.394 e. The zero-order chi connectivity index (χ0) is 18.6. The van der Waals surface area contributed by atoms with Crippen molar-refractivity contribution in [2.45, 2.75) is 32.2 Å². The molecule has 0 unspecified atom stereocenters. The Kier molecular flexibility index (Phi) is 5.11. The lowest BCUT2D eigenvalue weighted by molar-refractivity contribution is 0.268. The summed E-state index contributed by atoms with van der Waals surface area (Å²) in [5.41, 5.74) is 2.97. The van der Waals surface area contributed by atoms with Gasteiger partial charge in [-0.25, -0.2) is 9.97 Å². The minimum absolute atomic E-state index is 0.106. The van der Waals surface area contributed by atoms with Gasteiger partial charge in [0.25, 0.3) is 0 Å². The number of hydrogen-bond donors (Lipinski definition) is 1. The van der Waals surface area contributed by atoms with E-state index in [4.69, 9.17) is 10.1 Å². The number of rotatable bonds is 5. The first-order chi connectivity index (χ1) is 13.2. The van der Waals surface area contributed by atoms with Crippen molar-refractivity contribution in [1.82, 2.24) is 24.7 Å². The number of aryl methyl sites for hydroxylation is 1. The van der Waals surface area contributed by atoms with Gasteiger partial charge >= 0.3 is 0 Å². The molecule has 1 N–H and O–H groups in total. The van der Waals surface area contributed by atoms with E-state index in [2.05, 4.69) is 26.0 Å². The third kappa shape index (κ3) is 3.98. The lowest BCUT2D eigenvalue weighted by Gasteiger charge is -2.33. The molecule has 1 aliphatic heterocycles. The Morgan fingerprint density at radius 1 is 1.26 bits per heavy atom. The molecule has 4 rings (SSSR count). The smallest absolute Gasteiger partial charge is 0.163 e. The minimum Gasteiger partial charge on any atom is -0.394 e. The van der Waals surface area contributed by atoms with Crippen molar-refractivity contribution in [3.05, 3.63) is 54.2 Å². The van der Waals surface area contributed by atoms with Gasteiger partial charge in [0.05, 0.1) is 18.8 Å². The molecule has 4 heterocycles. The molecule has 7 heteroatoms. The highest BCUT2D eigenvalue weighted by Gasteiger charge is 2.24. The summed E-state index contributed by atoms with van der Waals surface area (Å²) in [5, 5.41) is 13.7. The second kappa shape index (κ2) is 7.84. The van der Waals surface area contributed by atoms with Gasteiger partial charge in [0.2, 0.25) is 0 Å². The molecule has 0 radical (unpaired) electrons. The molecule has 3 aromatic heterocycles. The molecule has 27 heavy (non-hydrogen) atoms. The molecule has 0 aliphatic carbocycles. The number of nitrogens with zero attached hydrogens (tertiary/aromatic N) is 6. The zero-order valence-electron chi connectivity index (χ0n) is 15.5. The van der Waals surface area contributed by atoms with Gasteiger partial charge in [-0.3, -0.25) is 9.67 Å². The number of pyridine rings is 1. The van der Waals surface area contributed by atoms with Gasteiger partial charge in [0.1, 0.15) is 5.82 Å². The molecule has 0 aromatic carbocycles. The van der Waals surface area contributed by atoms with Gasteiger partial charge < -0.3 is 10.0 Å². The number of aliphatic hydroxyl groups excluding tert-OH is 1. The maximum atomic E-state index is 9.09. The van der Waals surface area contributed by atoms with Crippen LogP contribution >= 0.6 is 0 Å². The fraction of sp³-hybridized carbons (Fsp3) is 0.400. The van der Waals surface area contributed by atoms with Gasteiger partial charge in [0.15, 0.2) is 5.82 Å². The second-order valence-corrected chi connectivity index (χ2v) is 6.95. The molecule has 3 aromatic rings. The Morgan fingerprint density at radius 3 is 3.00 bits per heavy atom. The molecular weight excluding hydrogens is 340 g/mol. The summed E-state index contributed by atoms with van der Waals surface area (Å²) in [6.45, 7) is 4.52. The fourth-order valence-electron chi connectivity index (χ4n) is 3.59. The number of piperidine rings is 1. The molecule has 1 atom stereocenters. The Bertz CT molecular complexity index is 894. The van der Waals surface area contributed by atoms with Gasteiger partial charge in [-0.2, -0.15) is 5.10 Å². The van der Waals surface area contributed by atoms with E-state index in [1.807, 2.05) is 36.0 Å². The second-order valence-electron chi connectivity index (χ2n) is 6.95. The average molecular weight is 364 g/mol. The number of anilines is 1. The zero-order valence-corrected chi connectivity index (χ0v) is 15.5. The van der Waals surface area contributed by atoms with Crippen molar-refractivity contribution in [2.24, 2.45) is 0 Å². The highest BCUT2D eigenvalue weighted by molar-refractivity contribution is 5.57. The quantitative estimate of drug-likeness (QED) is 0.749. The Labute approximate surface area is 158 Å². The first-order valence-electron chi connectivity index (χ1n) is 9.38. The Hall–Kier alpha value is -2.80. The summed E-state index contributed by atoms with van der Waals surface area (Å²) in [6.07, 6.45) is 7.71. The third-order valence-electron chi connectivity index (χ3n) is 4.91. The van der Waals surface area contributed by atoms with Crippen molar-refractivity contribution in [3.63, 3.8) is 0 Å². The van der Waals surface area contributed by atoms with Crippen molar-refractivity contribution < 1.29 is 5.11 Å². The maximum Gasteiger partial charge on any atom is 0.163 e. The summed E-state index contributed by atoms with van der Waals surface area (Å²) < 4.78 is 1.81. The first kappa shape index (κ1) is 17.6. The SMILES string of the molecule is Cc1cc(N2CCC[C@H](c3ccn(CCO)n3)C2)nc(-c2cccnc2)n1. The first-order valence-corrected chi connectivity index (χ1v) is 9.38. The van der Waals surface area contributed by atoms with E-state index in [0.29, 0.717) is 18.3 Å². The van der Waals surface area contributed by atoms with Crippen molar-refractivity contribution >= 4 is 5.82 Å². The molecule has 140 valence electrons. The summed E-state index contributed by atoms with van der Waals surface area (Å²) >= 11 is 0. The van der Waals surface area contributed by atoms with Crippen molar-refractivity contribution in [2.75, 3.05) is 24.6 Å². The van der Waals surface area contributed by atoms with Crippen LogP contribution in [0.5, 0.6) is 0 Å². The van der Waals surface area contributed by atoms with E-state index in [1.54, 1.807) is 12.4 Å². The van der Waals surface area contributed by atoms with E-state index in [0.717, 1.165) is 48.7 Å². The van der Waals surface area contributed by atoms with Crippen LogP contribution < -0.4 is 4.90 Å². The van der Waals surface area contributed by atoms with Crippen LogP contribution in [0.3, 0.4) is 0 Å². The lowest BCUT2D eigenvalue weighted by Crippen LogP contribution is -2.35. The van der Waals surface area contributed by atoms with Gasteiger partial charge in [-0.15, -0.1) is 0 Å². The monoisotopic (exact) mass is 364 g/mol. The predicted molar refractivity (Wildman–Crippen MR) is 104 cm³/mol. The van der Waals surface area contributed by atoms with E-state index in [9.17, 15) is 0 Å². The van der Waals surface area contributed by atoms with Crippen LogP contribution in [0.2, 0.25) is 0 Å². The Morgan fingerprint density at radius 2 is 2.19 bits per heavy atom. The molecular formula is C20H24N6O. The van der Waals surface area contributed by atoms with Crippen LogP contribution in [0.25, 0.3) is 11.4 Å². The number of hydrogen-bond acceptors (Lipinski definition) is 6. The molecule has 0 saturated carbocycles. The van der Waals surface area contributed by atoms with Crippen molar-refractivity contribution in [1.29, 1.82) is 0 Å². The molecule has 0 amide bonds. The fourth-order valence-corrected chi connectivity index (χ4v) is 3.59. The molecule has 1 saturated heterocycles. The molecule has 1 aliphatic rings. The third-order valence-corrected chi connectivity index (χ3v) is 4.91. The maximum absolute atomic E-state index is 9.09.